The molecule has 1 amide bonds. The van der Waals surface area contributed by atoms with Crippen molar-refractivity contribution in [3.63, 3.8) is 0 Å². The molecule has 0 bridgehead atoms. The van der Waals surface area contributed by atoms with E-state index in [1.165, 1.54) is 24.8 Å². The number of aromatic nitrogens is 1. The lowest BCUT2D eigenvalue weighted by Gasteiger charge is -2.30. The summed E-state index contributed by atoms with van der Waals surface area (Å²) in [5.41, 5.74) is 1.84. The molecule has 4 rings (SSSR count). The SMILES string of the molecule is COc1ccc(C2CCCCCN2C(=O)c2ccc(NC3CC3)nc2)cc1. The van der Waals surface area contributed by atoms with Crippen LogP contribution in [0.2, 0.25) is 0 Å². The summed E-state index contributed by atoms with van der Waals surface area (Å²) in [6.45, 7) is 0.789. The third-order valence-electron chi connectivity index (χ3n) is 5.45. The van der Waals surface area contributed by atoms with Gasteiger partial charge in [0.1, 0.15) is 11.6 Å². The Kier molecular flexibility index (Phi) is 5.28. The number of carbonyl (C=O) groups excluding carboxylic acids is 1. The summed E-state index contributed by atoms with van der Waals surface area (Å²) in [4.78, 5) is 19.7. The van der Waals surface area contributed by atoms with E-state index in [2.05, 4.69) is 22.4 Å². The van der Waals surface area contributed by atoms with Crippen molar-refractivity contribution >= 4 is 11.7 Å². The predicted molar refractivity (Wildman–Crippen MR) is 106 cm³/mol. The molecule has 1 saturated carbocycles. The van der Waals surface area contributed by atoms with Gasteiger partial charge in [0.05, 0.1) is 18.7 Å². The molecule has 142 valence electrons. The molecule has 1 aromatic heterocycles. The summed E-state index contributed by atoms with van der Waals surface area (Å²) in [5.74, 6) is 1.77. The number of amides is 1. The second kappa shape index (κ2) is 7.99. The number of anilines is 1. The second-order valence-electron chi connectivity index (χ2n) is 7.49. The Balaban J connectivity index is 1.54. The molecule has 2 aliphatic rings. The zero-order chi connectivity index (χ0) is 18.6. The highest BCUT2D eigenvalue weighted by molar-refractivity contribution is 5.94. The van der Waals surface area contributed by atoms with Crippen LogP contribution in [0.4, 0.5) is 5.82 Å². The fourth-order valence-electron chi connectivity index (χ4n) is 3.73. The van der Waals surface area contributed by atoms with Gasteiger partial charge in [-0.05, 0) is 55.5 Å². The fraction of sp³-hybridized carbons (Fsp3) is 0.455. The molecule has 0 radical (unpaired) electrons. The number of likely N-dealkylation sites (tertiary alicyclic amines) is 1. The summed E-state index contributed by atoms with van der Waals surface area (Å²) in [6, 6.07) is 12.6. The number of hydrogen-bond acceptors (Lipinski definition) is 4. The average Bonchev–Trinajstić information content (AvgIpc) is 3.55. The van der Waals surface area contributed by atoms with Gasteiger partial charge in [0.15, 0.2) is 0 Å². The van der Waals surface area contributed by atoms with Crippen LogP contribution in [0.15, 0.2) is 42.6 Å². The molecule has 1 unspecified atom stereocenters. The Morgan fingerprint density at radius 3 is 2.56 bits per heavy atom. The quantitative estimate of drug-likeness (QED) is 0.852. The Morgan fingerprint density at radius 1 is 1.07 bits per heavy atom. The summed E-state index contributed by atoms with van der Waals surface area (Å²) in [5, 5.41) is 3.37. The lowest BCUT2D eigenvalue weighted by Crippen LogP contribution is -2.34. The zero-order valence-corrected chi connectivity index (χ0v) is 15.9. The van der Waals surface area contributed by atoms with Crippen LogP contribution in [0, 0.1) is 0 Å². The molecule has 1 atom stereocenters. The Labute approximate surface area is 160 Å². The van der Waals surface area contributed by atoms with E-state index in [1.807, 2.05) is 29.2 Å². The Hall–Kier alpha value is -2.56. The number of benzene rings is 1. The average molecular weight is 365 g/mol. The summed E-state index contributed by atoms with van der Waals surface area (Å²) in [7, 11) is 1.67. The lowest BCUT2D eigenvalue weighted by molar-refractivity contribution is 0.0680. The first-order valence-corrected chi connectivity index (χ1v) is 9.92. The lowest BCUT2D eigenvalue weighted by atomic mass is 10.00. The number of ether oxygens (including phenoxy) is 1. The highest BCUT2D eigenvalue weighted by Crippen LogP contribution is 2.32. The van der Waals surface area contributed by atoms with Crippen molar-refractivity contribution in [2.75, 3.05) is 19.0 Å². The van der Waals surface area contributed by atoms with E-state index >= 15 is 0 Å². The number of nitrogens with zero attached hydrogens (tertiary/aromatic N) is 2. The molecule has 27 heavy (non-hydrogen) atoms. The Bertz CT molecular complexity index is 769. The van der Waals surface area contributed by atoms with Gasteiger partial charge in [-0.3, -0.25) is 4.79 Å². The van der Waals surface area contributed by atoms with E-state index < -0.39 is 0 Å². The summed E-state index contributed by atoms with van der Waals surface area (Å²) >= 11 is 0. The summed E-state index contributed by atoms with van der Waals surface area (Å²) in [6.07, 6.45) is 8.48. The van der Waals surface area contributed by atoms with Gasteiger partial charge >= 0.3 is 0 Å². The van der Waals surface area contributed by atoms with Crippen LogP contribution in [0.5, 0.6) is 5.75 Å². The minimum atomic E-state index is 0.0724. The van der Waals surface area contributed by atoms with Crippen LogP contribution in [0.1, 0.15) is 60.5 Å². The molecule has 2 fully saturated rings. The fourth-order valence-corrected chi connectivity index (χ4v) is 3.73. The first-order chi connectivity index (χ1) is 13.2. The molecular weight excluding hydrogens is 338 g/mol. The van der Waals surface area contributed by atoms with Crippen LogP contribution in [0.25, 0.3) is 0 Å². The molecular formula is C22H27N3O2. The first kappa shape index (κ1) is 17.8. The maximum atomic E-state index is 13.2. The van der Waals surface area contributed by atoms with Crippen molar-refractivity contribution in [1.29, 1.82) is 0 Å². The van der Waals surface area contributed by atoms with Gasteiger partial charge in [-0.1, -0.05) is 25.0 Å². The number of rotatable bonds is 5. The number of hydrogen-bond donors (Lipinski definition) is 1. The maximum Gasteiger partial charge on any atom is 0.255 e. The molecule has 1 aromatic carbocycles. The van der Waals surface area contributed by atoms with Crippen LogP contribution in [0.3, 0.4) is 0 Å². The van der Waals surface area contributed by atoms with Crippen molar-refractivity contribution in [3.05, 3.63) is 53.7 Å². The third kappa shape index (κ3) is 4.24. The largest absolute Gasteiger partial charge is 0.497 e. The minimum Gasteiger partial charge on any atom is -0.497 e. The standard InChI is InChI=1S/C22H27N3O2/c1-27-19-11-6-16(7-12-19)20-5-3-2-4-14-25(20)22(26)17-8-13-21(23-15-17)24-18-9-10-18/h6-8,11-13,15,18,20H,2-5,9-10,14H2,1H3,(H,23,24). The van der Waals surface area contributed by atoms with Crippen molar-refractivity contribution in [3.8, 4) is 5.75 Å². The molecule has 5 nitrogen and oxygen atoms in total. The van der Waals surface area contributed by atoms with E-state index in [1.54, 1.807) is 13.3 Å². The van der Waals surface area contributed by atoms with Crippen LogP contribution >= 0.6 is 0 Å². The first-order valence-electron chi connectivity index (χ1n) is 9.92. The topological polar surface area (TPSA) is 54.5 Å². The van der Waals surface area contributed by atoms with E-state index in [0.717, 1.165) is 37.4 Å². The van der Waals surface area contributed by atoms with Gasteiger partial charge < -0.3 is 15.0 Å². The van der Waals surface area contributed by atoms with E-state index in [4.69, 9.17) is 4.74 Å². The van der Waals surface area contributed by atoms with Gasteiger partial charge in [0, 0.05) is 18.8 Å². The van der Waals surface area contributed by atoms with Crippen molar-refractivity contribution < 1.29 is 9.53 Å². The number of pyridine rings is 1. The smallest absolute Gasteiger partial charge is 0.255 e. The highest BCUT2D eigenvalue weighted by Gasteiger charge is 2.28. The zero-order valence-electron chi connectivity index (χ0n) is 15.9. The van der Waals surface area contributed by atoms with E-state index in [-0.39, 0.29) is 11.9 Å². The number of carbonyl (C=O) groups is 1. The van der Waals surface area contributed by atoms with Gasteiger partial charge in [-0.15, -0.1) is 0 Å². The minimum absolute atomic E-state index is 0.0724. The third-order valence-corrected chi connectivity index (χ3v) is 5.45. The van der Waals surface area contributed by atoms with Crippen LogP contribution < -0.4 is 10.1 Å². The van der Waals surface area contributed by atoms with Crippen LogP contribution in [-0.4, -0.2) is 35.5 Å². The van der Waals surface area contributed by atoms with Gasteiger partial charge in [0.2, 0.25) is 0 Å². The molecule has 1 aliphatic heterocycles. The molecule has 0 spiro atoms. The molecule has 1 aliphatic carbocycles. The maximum absolute atomic E-state index is 13.2. The van der Waals surface area contributed by atoms with E-state index in [9.17, 15) is 4.79 Å². The Morgan fingerprint density at radius 2 is 1.89 bits per heavy atom. The van der Waals surface area contributed by atoms with Crippen LogP contribution in [-0.2, 0) is 0 Å². The van der Waals surface area contributed by atoms with Crippen molar-refractivity contribution in [2.24, 2.45) is 0 Å². The molecule has 2 aromatic rings. The highest BCUT2D eigenvalue weighted by atomic mass is 16.5. The number of nitrogens with one attached hydrogen (secondary N) is 1. The number of methoxy groups -OCH3 is 1. The second-order valence-corrected chi connectivity index (χ2v) is 7.49. The molecule has 2 heterocycles. The summed E-state index contributed by atoms with van der Waals surface area (Å²) < 4.78 is 5.27. The van der Waals surface area contributed by atoms with Gasteiger partial charge in [-0.2, -0.15) is 0 Å². The van der Waals surface area contributed by atoms with E-state index in [0.29, 0.717) is 11.6 Å². The predicted octanol–water partition coefficient (Wildman–Crippen LogP) is 4.42. The monoisotopic (exact) mass is 365 g/mol. The molecule has 1 saturated heterocycles. The molecule has 1 N–H and O–H groups in total. The normalized spacial score (nSPS) is 20.0. The van der Waals surface area contributed by atoms with Crippen molar-refractivity contribution in [1.82, 2.24) is 9.88 Å². The molecule has 5 heteroatoms. The van der Waals surface area contributed by atoms with Gasteiger partial charge in [0.25, 0.3) is 5.91 Å². The van der Waals surface area contributed by atoms with Crippen molar-refractivity contribution in [2.45, 2.75) is 50.6 Å². The van der Waals surface area contributed by atoms with Gasteiger partial charge in [-0.25, -0.2) is 4.98 Å².